The summed E-state index contributed by atoms with van der Waals surface area (Å²) in [6.07, 6.45) is 0.0965. The molecular formula is C20H21N3O4S. The van der Waals surface area contributed by atoms with Gasteiger partial charge in [0.2, 0.25) is 11.8 Å². The van der Waals surface area contributed by atoms with E-state index in [1.165, 1.54) is 23.8 Å². The van der Waals surface area contributed by atoms with Gasteiger partial charge in [-0.3, -0.25) is 14.5 Å². The van der Waals surface area contributed by atoms with E-state index in [4.69, 9.17) is 9.47 Å². The minimum absolute atomic E-state index is 0.0965. The zero-order valence-electron chi connectivity index (χ0n) is 15.8. The lowest BCUT2D eigenvalue weighted by atomic mass is 10.2. The molecule has 2 aromatic carbocycles. The number of anilines is 1. The van der Waals surface area contributed by atoms with Crippen LogP contribution in [0.5, 0.6) is 11.5 Å². The summed E-state index contributed by atoms with van der Waals surface area (Å²) in [4.78, 5) is 31.2. The van der Waals surface area contributed by atoms with Crippen LogP contribution >= 0.6 is 11.8 Å². The summed E-state index contributed by atoms with van der Waals surface area (Å²) in [6.45, 7) is 0. The predicted octanol–water partition coefficient (Wildman–Crippen LogP) is 3.29. The average molecular weight is 399 g/mol. The number of methoxy groups -OCH3 is 2. The van der Waals surface area contributed by atoms with E-state index in [1.807, 2.05) is 24.3 Å². The Bertz CT molecular complexity index is 916. The van der Waals surface area contributed by atoms with E-state index in [2.05, 4.69) is 10.3 Å². The standard InChI is InChI=1S/C20H21N3O4S/c1-23-18(24)12-17(19(25)22-15-9-4-5-10-16(15)27-3)28-20(23)21-13-7-6-8-14(11-13)26-2/h4-11,17H,12H2,1-3H3,(H,22,25)/t17-/m1/s1. The Morgan fingerprint density at radius 3 is 2.71 bits per heavy atom. The van der Waals surface area contributed by atoms with Gasteiger partial charge in [0.1, 0.15) is 16.7 Å². The number of amidine groups is 1. The third kappa shape index (κ3) is 4.45. The highest BCUT2D eigenvalue weighted by molar-refractivity contribution is 8.15. The van der Waals surface area contributed by atoms with Crippen LogP contribution in [0.4, 0.5) is 11.4 Å². The van der Waals surface area contributed by atoms with Crippen molar-refractivity contribution in [3.63, 3.8) is 0 Å². The Morgan fingerprint density at radius 1 is 1.18 bits per heavy atom. The molecule has 0 aromatic heterocycles. The first kappa shape index (κ1) is 19.8. The van der Waals surface area contributed by atoms with Gasteiger partial charge in [0.25, 0.3) is 0 Å². The number of hydrogen-bond acceptors (Lipinski definition) is 6. The molecule has 1 heterocycles. The molecule has 0 saturated carbocycles. The lowest BCUT2D eigenvalue weighted by Crippen LogP contribution is -2.43. The smallest absolute Gasteiger partial charge is 0.238 e. The number of thioether (sulfide) groups is 1. The number of hydrogen-bond donors (Lipinski definition) is 1. The van der Waals surface area contributed by atoms with Gasteiger partial charge < -0.3 is 14.8 Å². The molecule has 1 aliphatic heterocycles. The van der Waals surface area contributed by atoms with E-state index < -0.39 is 5.25 Å². The summed E-state index contributed by atoms with van der Waals surface area (Å²) in [5, 5.41) is 2.72. The number of benzene rings is 2. The number of para-hydroxylation sites is 2. The van der Waals surface area contributed by atoms with E-state index in [0.717, 1.165) is 0 Å². The maximum atomic E-state index is 12.8. The molecule has 2 aromatic rings. The molecular weight excluding hydrogens is 378 g/mol. The van der Waals surface area contributed by atoms with Gasteiger partial charge in [0, 0.05) is 19.5 Å². The van der Waals surface area contributed by atoms with Gasteiger partial charge in [-0.2, -0.15) is 0 Å². The molecule has 1 N–H and O–H groups in total. The SMILES string of the molecule is COc1cccc(N=C2S[C@@H](C(=O)Nc3ccccc3OC)CC(=O)N2C)c1. The summed E-state index contributed by atoms with van der Waals surface area (Å²) in [5.41, 5.74) is 1.21. The third-order valence-corrected chi connectivity index (χ3v) is 5.45. The summed E-state index contributed by atoms with van der Waals surface area (Å²) >= 11 is 1.25. The van der Waals surface area contributed by atoms with Gasteiger partial charge in [0.05, 0.1) is 25.6 Å². The van der Waals surface area contributed by atoms with Crippen molar-refractivity contribution < 1.29 is 19.1 Å². The third-order valence-electron chi connectivity index (χ3n) is 4.20. The fourth-order valence-electron chi connectivity index (χ4n) is 2.65. The topological polar surface area (TPSA) is 80.2 Å². The van der Waals surface area contributed by atoms with Gasteiger partial charge in [0.15, 0.2) is 5.17 Å². The molecule has 1 fully saturated rings. The maximum absolute atomic E-state index is 12.8. The van der Waals surface area contributed by atoms with E-state index in [-0.39, 0.29) is 18.2 Å². The van der Waals surface area contributed by atoms with Crippen LogP contribution < -0.4 is 14.8 Å². The number of carbonyl (C=O) groups is 2. The Labute approximate surface area is 167 Å². The van der Waals surface area contributed by atoms with Crippen molar-refractivity contribution >= 4 is 40.1 Å². The lowest BCUT2D eigenvalue weighted by molar-refractivity contribution is -0.128. The van der Waals surface area contributed by atoms with Gasteiger partial charge in [-0.15, -0.1) is 0 Å². The first-order valence-corrected chi connectivity index (χ1v) is 9.49. The minimum Gasteiger partial charge on any atom is -0.497 e. The first-order valence-electron chi connectivity index (χ1n) is 8.61. The molecule has 28 heavy (non-hydrogen) atoms. The quantitative estimate of drug-likeness (QED) is 0.835. The number of aliphatic imine (C=N–C) groups is 1. The zero-order chi connectivity index (χ0) is 20.1. The Hall–Kier alpha value is -3.00. The Balaban J connectivity index is 1.80. The molecule has 1 atom stereocenters. The highest BCUT2D eigenvalue weighted by Crippen LogP contribution is 2.31. The van der Waals surface area contributed by atoms with Crippen LogP contribution in [0.1, 0.15) is 6.42 Å². The summed E-state index contributed by atoms with van der Waals surface area (Å²) < 4.78 is 10.5. The van der Waals surface area contributed by atoms with Gasteiger partial charge in [-0.25, -0.2) is 4.99 Å². The second-order valence-corrected chi connectivity index (χ2v) is 7.22. The van der Waals surface area contributed by atoms with Crippen molar-refractivity contribution in [1.82, 2.24) is 4.90 Å². The minimum atomic E-state index is -0.585. The van der Waals surface area contributed by atoms with Crippen molar-refractivity contribution in [1.29, 1.82) is 0 Å². The summed E-state index contributed by atoms with van der Waals surface area (Å²) in [7, 11) is 4.77. The normalized spacial score (nSPS) is 18.1. The van der Waals surface area contributed by atoms with Gasteiger partial charge >= 0.3 is 0 Å². The van der Waals surface area contributed by atoms with Crippen molar-refractivity contribution in [2.45, 2.75) is 11.7 Å². The van der Waals surface area contributed by atoms with Crippen LogP contribution in [0.25, 0.3) is 0 Å². The van der Waals surface area contributed by atoms with Gasteiger partial charge in [-0.1, -0.05) is 30.0 Å². The molecule has 0 aliphatic carbocycles. The van der Waals surface area contributed by atoms with Gasteiger partial charge in [-0.05, 0) is 24.3 Å². The monoisotopic (exact) mass is 399 g/mol. The van der Waals surface area contributed by atoms with Crippen LogP contribution in [0.2, 0.25) is 0 Å². The van der Waals surface area contributed by atoms with Crippen molar-refractivity contribution in [2.24, 2.45) is 4.99 Å². The largest absolute Gasteiger partial charge is 0.497 e. The molecule has 0 bridgehead atoms. The van der Waals surface area contributed by atoms with Crippen LogP contribution in [0, 0.1) is 0 Å². The van der Waals surface area contributed by atoms with E-state index in [1.54, 1.807) is 38.4 Å². The number of nitrogens with zero attached hydrogens (tertiary/aromatic N) is 2. The Morgan fingerprint density at radius 2 is 1.96 bits per heavy atom. The molecule has 0 spiro atoms. The first-order chi connectivity index (χ1) is 13.5. The molecule has 8 heteroatoms. The zero-order valence-corrected chi connectivity index (χ0v) is 16.7. The van der Waals surface area contributed by atoms with Crippen LogP contribution in [0.3, 0.4) is 0 Å². The van der Waals surface area contributed by atoms with Crippen LogP contribution in [0.15, 0.2) is 53.5 Å². The fourth-order valence-corrected chi connectivity index (χ4v) is 3.71. The molecule has 7 nitrogen and oxygen atoms in total. The number of nitrogens with one attached hydrogen (secondary N) is 1. The number of rotatable bonds is 5. The van der Waals surface area contributed by atoms with Crippen molar-refractivity contribution in [2.75, 3.05) is 26.6 Å². The molecule has 0 radical (unpaired) electrons. The second-order valence-electron chi connectivity index (χ2n) is 6.05. The second kappa shape index (κ2) is 8.79. The molecule has 2 amide bonds. The molecule has 1 saturated heterocycles. The summed E-state index contributed by atoms with van der Waals surface area (Å²) in [5.74, 6) is 0.794. The highest BCUT2D eigenvalue weighted by atomic mass is 32.2. The Kier molecular flexibility index (Phi) is 6.20. The average Bonchev–Trinajstić information content (AvgIpc) is 2.71. The summed E-state index contributed by atoms with van der Waals surface area (Å²) in [6, 6.07) is 14.4. The maximum Gasteiger partial charge on any atom is 0.238 e. The molecule has 146 valence electrons. The van der Waals surface area contributed by atoms with E-state index in [9.17, 15) is 9.59 Å². The van der Waals surface area contributed by atoms with Crippen molar-refractivity contribution in [3.8, 4) is 11.5 Å². The van der Waals surface area contributed by atoms with Crippen molar-refractivity contribution in [3.05, 3.63) is 48.5 Å². The molecule has 0 unspecified atom stereocenters. The van der Waals surface area contributed by atoms with E-state index >= 15 is 0 Å². The predicted molar refractivity (Wildman–Crippen MR) is 110 cm³/mol. The van der Waals surface area contributed by atoms with Crippen LogP contribution in [-0.2, 0) is 9.59 Å². The number of amides is 2. The fraction of sp³-hybridized carbons (Fsp3) is 0.250. The van der Waals surface area contributed by atoms with E-state index in [0.29, 0.717) is 28.0 Å². The number of carbonyl (C=O) groups excluding carboxylic acids is 2. The lowest BCUT2D eigenvalue weighted by Gasteiger charge is -2.29. The van der Waals surface area contributed by atoms with Crippen LogP contribution in [-0.4, -0.2) is 48.4 Å². The molecule has 3 rings (SSSR count). The highest BCUT2D eigenvalue weighted by Gasteiger charge is 2.34. The number of ether oxygens (including phenoxy) is 2. The molecule has 1 aliphatic rings.